The highest BCUT2D eigenvalue weighted by Crippen LogP contribution is 2.16. The quantitative estimate of drug-likeness (QED) is 0.735. The van der Waals surface area contributed by atoms with E-state index in [-0.39, 0.29) is 12.4 Å². The Bertz CT molecular complexity index is 575. The molecular weight excluding hydrogens is 327 g/mol. The van der Waals surface area contributed by atoms with Gasteiger partial charge in [-0.1, -0.05) is 12.1 Å². The highest BCUT2D eigenvalue weighted by molar-refractivity contribution is 5.94. The van der Waals surface area contributed by atoms with Crippen molar-refractivity contribution in [3.63, 3.8) is 0 Å². The molecule has 8 heteroatoms. The smallest absolute Gasteiger partial charge is 0.411 e. The second kappa shape index (κ2) is 8.68. The van der Waals surface area contributed by atoms with Gasteiger partial charge in [0.1, 0.15) is 12.4 Å². The van der Waals surface area contributed by atoms with E-state index in [2.05, 4.69) is 10.1 Å². The van der Waals surface area contributed by atoms with E-state index in [1.807, 2.05) is 0 Å². The molecule has 0 saturated carbocycles. The Morgan fingerprint density at radius 3 is 2.50 bits per heavy atom. The molecular formula is C16H20F3NO4. The molecule has 24 heavy (non-hydrogen) atoms. The van der Waals surface area contributed by atoms with Gasteiger partial charge in [0, 0.05) is 11.6 Å². The minimum absolute atomic E-state index is 0.131. The first-order valence-electron chi connectivity index (χ1n) is 7.31. The standard InChI is InChI=1S/C16H20F3NO4/c1-10(8-23-9-16(17,18)19)20-15(22)12(3)24-14-6-4-5-13(7-14)11(2)21/h4-7,10,12H,8-9H2,1-3H3,(H,20,22). The first kappa shape index (κ1) is 20.0. The molecule has 0 bridgehead atoms. The Kier molecular flexibility index (Phi) is 7.21. The molecule has 0 radical (unpaired) electrons. The summed E-state index contributed by atoms with van der Waals surface area (Å²) in [6.45, 7) is 2.81. The van der Waals surface area contributed by atoms with Crippen LogP contribution in [0.25, 0.3) is 0 Å². The van der Waals surface area contributed by atoms with E-state index in [9.17, 15) is 22.8 Å². The van der Waals surface area contributed by atoms with Crippen LogP contribution >= 0.6 is 0 Å². The van der Waals surface area contributed by atoms with Crippen LogP contribution in [0.1, 0.15) is 31.1 Å². The van der Waals surface area contributed by atoms with Crippen molar-refractivity contribution < 1.29 is 32.2 Å². The maximum Gasteiger partial charge on any atom is 0.411 e. The molecule has 0 saturated heterocycles. The lowest BCUT2D eigenvalue weighted by Crippen LogP contribution is -2.43. The zero-order chi connectivity index (χ0) is 18.3. The molecule has 0 heterocycles. The molecule has 0 aliphatic carbocycles. The Hall–Kier alpha value is -2.09. The molecule has 134 valence electrons. The van der Waals surface area contributed by atoms with E-state index in [1.165, 1.54) is 26.8 Å². The fraction of sp³-hybridized carbons (Fsp3) is 0.500. The van der Waals surface area contributed by atoms with E-state index in [4.69, 9.17) is 4.74 Å². The van der Waals surface area contributed by atoms with Gasteiger partial charge in [0.2, 0.25) is 0 Å². The van der Waals surface area contributed by atoms with E-state index < -0.39 is 30.8 Å². The van der Waals surface area contributed by atoms with Crippen molar-refractivity contribution in [1.82, 2.24) is 5.32 Å². The number of ketones is 1. The maximum atomic E-state index is 12.0. The summed E-state index contributed by atoms with van der Waals surface area (Å²) < 4.78 is 45.8. The van der Waals surface area contributed by atoms with Gasteiger partial charge in [0.05, 0.1) is 6.61 Å². The van der Waals surface area contributed by atoms with E-state index in [0.29, 0.717) is 11.3 Å². The number of hydrogen-bond donors (Lipinski definition) is 1. The van der Waals surface area contributed by atoms with Crippen molar-refractivity contribution in [2.45, 2.75) is 39.1 Å². The number of carbonyl (C=O) groups excluding carboxylic acids is 2. The zero-order valence-corrected chi connectivity index (χ0v) is 13.6. The number of carbonyl (C=O) groups is 2. The fourth-order valence-electron chi connectivity index (χ4n) is 1.80. The van der Waals surface area contributed by atoms with Crippen LogP contribution in [0.4, 0.5) is 13.2 Å². The molecule has 1 amide bonds. The topological polar surface area (TPSA) is 64.6 Å². The van der Waals surface area contributed by atoms with Crippen molar-refractivity contribution >= 4 is 11.7 Å². The predicted molar refractivity (Wildman–Crippen MR) is 81.0 cm³/mol. The normalized spacial score (nSPS) is 13.9. The first-order valence-corrected chi connectivity index (χ1v) is 7.31. The summed E-state index contributed by atoms with van der Waals surface area (Å²) in [6.07, 6.45) is -5.28. The Balaban J connectivity index is 2.47. The van der Waals surface area contributed by atoms with E-state index in [0.717, 1.165) is 0 Å². The summed E-state index contributed by atoms with van der Waals surface area (Å²) in [5.74, 6) is -0.273. The van der Waals surface area contributed by atoms with Gasteiger partial charge in [-0.05, 0) is 32.9 Å². The number of rotatable bonds is 8. The molecule has 5 nitrogen and oxygen atoms in total. The van der Waals surface area contributed by atoms with E-state index in [1.54, 1.807) is 18.2 Å². The molecule has 0 aliphatic heterocycles. The molecule has 0 aliphatic rings. The number of ether oxygens (including phenoxy) is 2. The third kappa shape index (κ3) is 7.45. The number of halogens is 3. The van der Waals surface area contributed by atoms with Gasteiger partial charge in [0.15, 0.2) is 11.9 Å². The van der Waals surface area contributed by atoms with Crippen LogP contribution < -0.4 is 10.1 Å². The van der Waals surface area contributed by atoms with Crippen LogP contribution in [0, 0.1) is 0 Å². The minimum atomic E-state index is -4.40. The molecule has 1 aromatic rings. The number of amides is 1. The lowest BCUT2D eigenvalue weighted by molar-refractivity contribution is -0.175. The highest BCUT2D eigenvalue weighted by atomic mass is 19.4. The average Bonchev–Trinajstić information content (AvgIpc) is 2.45. The summed E-state index contributed by atoms with van der Waals surface area (Å²) >= 11 is 0. The van der Waals surface area contributed by atoms with Gasteiger partial charge in [-0.2, -0.15) is 13.2 Å². The average molecular weight is 347 g/mol. The number of nitrogens with one attached hydrogen (secondary N) is 1. The van der Waals surface area contributed by atoms with Crippen molar-refractivity contribution in [3.8, 4) is 5.75 Å². The third-order valence-corrected chi connectivity index (χ3v) is 2.94. The fourth-order valence-corrected chi connectivity index (χ4v) is 1.80. The lowest BCUT2D eigenvalue weighted by atomic mass is 10.1. The van der Waals surface area contributed by atoms with Crippen molar-refractivity contribution in [3.05, 3.63) is 29.8 Å². The summed E-state index contributed by atoms with van der Waals surface area (Å²) in [5, 5.41) is 2.50. The first-order chi connectivity index (χ1) is 11.1. The minimum Gasteiger partial charge on any atom is -0.481 e. The highest BCUT2D eigenvalue weighted by Gasteiger charge is 2.28. The Morgan fingerprint density at radius 1 is 1.25 bits per heavy atom. The second-order valence-corrected chi connectivity index (χ2v) is 5.38. The third-order valence-electron chi connectivity index (χ3n) is 2.94. The number of Topliss-reactive ketones (excluding diaryl/α,β-unsaturated/α-hetero) is 1. The number of benzene rings is 1. The monoisotopic (exact) mass is 347 g/mol. The van der Waals surface area contributed by atoms with Crippen molar-refractivity contribution in [2.24, 2.45) is 0 Å². The lowest BCUT2D eigenvalue weighted by Gasteiger charge is -2.19. The number of alkyl halides is 3. The Morgan fingerprint density at radius 2 is 1.92 bits per heavy atom. The molecule has 1 rings (SSSR count). The van der Waals surface area contributed by atoms with Gasteiger partial charge >= 0.3 is 6.18 Å². The summed E-state index contributed by atoms with van der Waals surface area (Å²) in [5.41, 5.74) is 0.453. The van der Waals surface area contributed by atoms with Crippen molar-refractivity contribution in [1.29, 1.82) is 0 Å². The molecule has 0 fully saturated rings. The van der Waals surface area contributed by atoms with Crippen LogP contribution in [0.3, 0.4) is 0 Å². The molecule has 2 atom stereocenters. The molecule has 0 spiro atoms. The van der Waals surface area contributed by atoms with Crippen LogP contribution in [-0.2, 0) is 9.53 Å². The molecule has 1 aromatic carbocycles. The second-order valence-electron chi connectivity index (χ2n) is 5.38. The molecule has 2 unspecified atom stereocenters. The van der Waals surface area contributed by atoms with Gasteiger partial charge in [-0.15, -0.1) is 0 Å². The van der Waals surface area contributed by atoms with Crippen LogP contribution in [0.2, 0.25) is 0 Å². The van der Waals surface area contributed by atoms with Gasteiger partial charge in [-0.3, -0.25) is 9.59 Å². The predicted octanol–water partition coefficient (Wildman–Crippen LogP) is 2.74. The SMILES string of the molecule is CC(=O)c1cccc(OC(C)C(=O)NC(C)COCC(F)(F)F)c1. The number of hydrogen-bond acceptors (Lipinski definition) is 4. The Labute approximate surface area is 138 Å². The zero-order valence-electron chi connectivity index (χ0n) is 13.6. The largest absolute Gasteiger partial charge is 0.481 e. The van der Waals surface area contributed by atoms with Crippen molar-refractivity contribution in [2.75, 3.05) is 13.2 Å². The summed E-state index contributed by atoms with van der Waals surface area (Å²) in [7, 11) is 0. The molecule has 0 aromatic heterocycles. The van der Waals surface area contributed by atoms with Crippen LogP contribution in [0.15, 0.2) is 24.3 Å². The summed E-state index contributed by atoms with van der Waals surface area (Å²) in [4.78, 5) is 23.3. The van der Waals surface area contributed by atoms with Crippen LogP contribution in [0.5, 0.6) is 5.75 Å². The molecule has 1 N–H and O–H groups in total. The van der Waals surface area contributed by atoms with E-state index >= 15 is 0 Å². The maximum absolute atomic E-state index is 12.0. The van der Waals surface area contributed by atoms with Gasteiger partial charge < -0.3 is 14.8 Å². The van der Waals surface area contributed by atoms with Gasteiger partial charge in [-0.25, -0.2) is 0 Å². The van der Waals surface area contributed by atoms with Crippen LogP contribution in [-0.4, -0.2) is 43.2 Å². The van der Waals surface area contributed by atoms with Gasteiger partial charge in [0.25, 0.3) is 5.91 Å². The summed E-state index contributed by atoms with van der Waals surface area (Å²) in [6, 6.07) is 5.77.